The molecule has 94 valence electrons. The Morgan fingerprint density at radius 2 is 1.94 bits per heavy atom. The highest BCUT2D eigenvalue weighted by atomic mass is 15.6. The normalized spacial score (nSPS) is 19.0. The molecule has 0 aliphatic carbocycles. The standard InChI is InChI=1S/C12H21N5/c1-14-12(15-2)11-5-4-10(13)8-9(11)6-7-17(12)16-3/h4-5,8,14-16H,6-7,13H2,1-3H3. The smallest absolute Gasteiger partial charge is 0.165 e. The first-order valence-electron chi connectivity index (χ1n) is 5.89. The van der Waals surface area contributed by atoms with Crippen LogP contribution in [-0.2, 0) is 12.2 Å². The van der Waals surface area contributed by atoms with E-state index in [2.05, 4.69) is 33.2 Å². The number of hydrogen-bond donors (Lipinski definition) is 4. The van der Waals surface area contributed by atoms with Crippen molar-refractivity contribution in [3.05, 3.63) is 29.3 Å². The van der Waals surface area contributed by atoms with Crippen molar-refractivity contribution in [1.29, 1.82) is 0 Å². The van der Waals surface area contributed by atoms with Crippen molar-refractivity contribution in [1.82, 2.24) is 21.1 Å². The number of nitrogen functional groups attached to an aromatic ring is 1. The maximum Gasteiger partial charge on any atom is 0.165 e. The molecule has 0 radical (unpaired) electrons. The fourth-order valence-corrected chi connectivity index (χ4v) is 2.66. The molecule has 0 aromatic heterocycles. The van der Waals surface area contributed by atoms with Crippen molar-refractivity contribution in [2.24, 2.45) is 0 Å². The zero-order chi connectivity index (χ0) is 12.5. The van der Waals surface area contributed by atoms with Gasteiger partial charge in [0, 0.05) is 17.8 Å². The van der Waals surface area contributed by atoms with Crippen molar-refractivity contribution >= 4 is 5.69 Å². The molecule has 0 fully saturated rings. The summed E-state index contributed by atoms with van der Waals surface area (Å²) in [6.07, 6.45) is 0.992. The number of anilines is 1. The number of nitrogens with one attached hydrogen (secondary N) is 3. The third kappa shape index (κ3) is 1.81. The van der Waals surface area contributed by atoms with Crippen LogP contribution in [0, 0.1) is 0 Å². The number of fused-ring (bicyclic) bond motifs is 1. The van der Waals surface area contributed by atoms with Gasteiger partial charge in [-0.2, -0.15) is 0 Å². The lowest BCUT2D eigenvalue weighted by Crippen LogP contribution is -2.68. The summed E-state index contributed by atoms with van der Waals surface area (Å²) in [6.45, 7) is 0.925. The van der Waals surface area contributed by atoms with E-state index in [1.165, 1.54) is 11.1 Å². The molecule has 5 nitrogen and oxygen atoms in total. The number of nitrogens with zero attached hydrogens (tertiary/aromatic N) is 1. The Hall–Kier alpha value is -1.14. The van der Waals surface area contributed by atoms with Gasteiger partial charge in [-0.3, -0.25) is 16.1 Å². The number of rotatable bonds is 3. The molecule has 5 N–H and O–H groups in total. The van der Waals surface area contributed by atoms with Gasteiger partial charge in [-0.1, -0.05) is 6.07 Å². The molecule has 1 heterocycles. The molecule has 1 aromatic carbocycles. The summed E-state index contributed by atoms with van der Waals surface area (Å²) in [5, 5.41) is 8.87. The minimum Gasteiger partial charge on any atom is -0.399 e. The topological polar surface area (TPSA) is 65.3 Å². The van der Waals surface area contributed by atoms with Crippen LogP contribution in [0.25, 0.3) is 0 Å². The minimum atomic E-state index is -0.379. The molecule has 5 heteroatoms. The van der Waals surface area contributed by atoms with Crippen LogP contribution < -0.4 is 21.8 Å². The van der Waals surface area contributed by atoms with E-state index >= 15 is 0 Å². The molecule has 1 aliphatic rings. The van der Waals surface area contributed by atoms with Gasteiger partial charge < -0.3 is 5.73 Å². The largest absolute Gasteiger partial charge is 0.399 e. The Labute approximate surface area is 102 Å². The lowest BCUT2D eigenvalue weighted by Gasteiger charge is -2.47. The maximum absolute atomic E-state index is 5.85. The van der Waals surface area contributed by atoms with Crippen molar-refractivity contribution in [3.63, 3.8) is 0 Å². The second-order valence-corrected chi connectivity index (χ2v) is 4.25. The van der Waals surface area contributed by atoms with Crippen LogP contribution >= 0.6 is 0 Å². The highest BCUT2D eigenvalue weighted by molar-refractivity contribution is 5.48. The molecule has 0 amide bonds. The van der Waals surface area contributed by atoms with Gasteiger partial charge >= 0.3 is 0 Å². The van der Waals surface area contributed by atoms with Crippen molar-refractivity contribution < 1.29 is 0 Å². The van der Waals surface area contributed by atoms with Gasteiger partial charge in [0.2, 0.25) is 0 Å². The van der Waals surface area contributed by atoms with Crippen LogP contribution in [0.2, 0.25) is 0 Å². The minimum absolute atomic E-state index is 0.379. The third-order valence-electron chi connectivity index (χ3n) is 3.52. The molecule has 0 unspecified atom stereocenters. The highest BCUT2D eigenvalue weighted by Gasteiger charge is 2.39. The number of hydrogen-bond acceptors (Lipinski definition) is 5. The quantitative estimate of drug-likeness (QED) is 0.432. The summed E-state index contributed by atoms with van der Waals surface area (Å²) >= 11 is 0. The van der Waals surface area contributed by atoms with Crippen molar-refractivity contribution in [2.45, 2.75) is 12.2 Å². The zero-order valence-electron chi connectivity index (χ0n) is 10.7. The zero-order valence-corrected chi connectivity index (χ0v) is 10.7. The van der Waals surface area contributed by atoms with Gasteiger partial charge in [0.25, 0.3) is 0 Å². The van der Waals surface area contributed by atoms with E-state index < -0.39 is 0 Å². The number of benzene rings is 1. The van der Waals surface area contributed by atoms with E-state index in [1.807, 2.05) is 27.2 Å². The Kier molecular flexibility index (Phi) is 3.35. The van der Waals surface area contributed by atoms with Gasteiger partial charge in [0.05, 0.1) is 0 Å². The number of nitrogens with two attached hydrogens (primary N) is 1. The van der Waals surface area contributed by atoms with Crippen LogP contribution in [0.3, 0.4) is 0 Å². The SMILES string of the molecule is CNN1CCc2cc(N)ccc2C1(NC)NC. The molecule has 1 aromatic rings. The van der Waals surface area contributed by atoms with E-state index in [-0.39, 0.29) is 5.79 Å². The van der Waals surface area contributed by atoms with Gasteiger partial charge in [0.15, 0.2) is 5.79 Å². The summed E-state index contributed by atoms with van der Waals surface area (Å²) in [5.74, 6) is -0.379. The van der Waals surface area contributed by atoms with Gasteiger partial charge in [-0.05, 0) is 45.3 Å². The molecule has 0 bridgehead atoms. The summed E-state index contributed by atoms with van der Waals surface area (Å²) in [7, 11) is 5.84. The van der Waals surface area contributed by atoms with Gasteiger partial charge in [0.1, 0.15) is 0 Å². The average Bonchev–Trinajstić information content (AvgIpc) is 2.36. The first kappa shape index (κ1) is 12.3. The van der Waals surface area contributed by atoms with E-state index in [4.69, 9.17) is 5.73 Å². The summed E-state index contributed by atoms with van der Waals surface area (Å²) in [5.41, 5.74) is 12.4. The van der Waals surface area contributed by atoms with Crippen molar-refractivity contribution in [3.8, 4) is 0 Å². The van der Waals surface area contributed by atoms with Crippen LogP contribution in [-0.4, -0.2) is 32.7 Å². The fraction of sp³-hybridized carbons (Fsp3) is 0.500. The van der Waals surface area contributed by atoms with Crippen LogP contribution in [0.1, 0.15) is 11.1 Å². The molecular formula is C12H21N5. The predicted octanol–water partition coefficient (Wildman–Crippen LogP) is -0.190. The van der Waals surface area contributed by atoms with Gasteiger partial charge in [-0.25, -0.2) is 5.01 Å². The molecule has 0 spiro atoms. The first-order chi connectivity index (χ1) is 8.17. The van der Waals surface area contributed by atoms with Crippen LogP contribution in [0.5, 0.6) is 0 Å². The molecule has 0 saturated heterocycles. The summed E-state index contributed by atoms with van der Waals surface area (Å²) < 4.78 is 0. The maximum atomic E-state index is 5.85. The average molecular weight is 235 g/mol. The summed E-state index contributed by atoms with van der Waals surface area (Å²) in [6, 6.07) is 6.09. The Balaban J connectivity index is 2.54. The predicted molar refractivity (Wildman–Crippen MR) is 70.1 cm³/mol. The van der Waals surface area contributed by atoms with E-state index in [9.17, 15) is 0 Å². The second-order valence-electron chi connectivity index (χ2n) is 4.25. The lowest BCUT2D eigenvalue weighted by molar-refractivity contribution is -0.0162. The molecular weight excluding hydrogens is 214 g/mol. The van der Waals surface area contributed by atoms with E-state index in [1.54, 1.807) is 0 Å². The molecule has 1 aliphatic heterocycles. The molecule has 2 rings (SSSR count). The van der Waals surface area contributed by atoms with Gasteiger partial charge in [-0.15, -0.1) is 0 Å². The van der Waals surface area contributed by atoms with E-state index in [0.717, 1.165) is 18.7 Å². The molecule has 0 saturated carbocycles. The van der Waals surface area contributed by atoms with E-state index in [0.29, 0.717) is 0 Å². The Morgan fingerprint density at radius 1 is 1.24 bits per heavy atom. The fourth-order valence-electron chi connectivity index (χ4n) is 2.66. The molecule has 0 atom stereocenters. The Bertz CT molecular complexity index is 400. The Morgan fingerprint density at radius 3 is 2.53 bits per heavy atom. The highest BCUT2D eigenvalue weighted by Crippen LogP contribution is 2.30. The summed E-state index contributed by atoms with van der Waals surface area (Å²) in [4.78, 5) is 0. The van der Waals surface area contributed by atoms with Crippen LogP contribution in [0.4, 0.5) is 5.69 Å². The lowest BCUT2D eigenvalue weighted by atomic mass is 9.93. The van der Waals surface area contributed by atoms with Crippen LogP contribution in [0.15, 0.2) is 18.2 Å². The van der Waals surface area contributed by atoms with Crippen molar-refractivity contribution in [2.75, 3.05) is 33.4 Å². The first-order valence-corrected chi connectivity index (χ1v) is 5.89. The molecule has 17 heavy (non-hydrogen) atoms. The second kappa shape index (κ2) is 4.62. The third-order valence-corrected chi connectivity index (χ3v) is 3.52. The monoisotopic (exact) mass is 235 g/mol. The number of hydrazine groups is 1.